The van der Waals surface area contributed by atoms with Gasteiger partial charge in [-0.1, -0.05) is 11.6 Å². The minimum atomic E-state index is -4.73. The van der Waals surface area contributed by atoms with Crippen molar-refractivity contribution in [3.8, 4) is 11.5 Å². The number of alkyl halides is 3. The molecule has 0 spiro atoms. The number of hydrogen-bond acceptors (Lipinski definition) is 2. The van der Waals surface area contributed by atoms with Gasteiger partial charge in [-0.05, 0) is 12.1 Å². The van der Waals surface area contributed by atoms with Gasteiger partial charge < -0.3 is 9.47 Å². The first-order chi connectivity index (χ1) is 6.40. The second-order valence-corrected chi connectivity index (χ2v) is 2.81. The van der Waals surface area contributed by atoms with Crippen molar-refractivity contribution in [2.45, 2.75) is 6.36 Å². The molecule has 0 bridgehead atoms. The molecule has 0 fully saturated rings. The van der Waals surface area contributed by atoms with Gasteiger partial charge in [0.2, 0.25) is 0 Å². The molecule has 1 aromatic carbocycles. The predicted molar refractivity (Wildman–Crippen MR) is 44.7 cm³/mol. The van der Waals surface area contributed by atoms with Crippen LogP contribution in [0.15, 0.2) is 18.2 Å². The number of halogens is 4. The Labute approximate surface area is 83.2 Å². The van der Waals surface area contributed by atoms with Gasteiger partial charge in [0.25, 0.3) is 0 Å². The highest BCUT2D eigenvalue weighted by Crippen LogP contribution is 2.29. The molecule has 0 saturated carbocycles. The van der Waals surface area contributed by atoms with E-state index in [1.165, 1.54) is 13.2 Å². The number of methoxy groups -OCH3 is 1. The van der Waals surface area contributed by atoms with E-state index >= 15 is 0 Å². The lowest BCUT2D eigenvalue weighted by Gasteiger charge is -2.10. The summed E-state index contributed by atoms with van der Waals surface area (Å²) in [6, 6.07) is 3.53. The number of ether oxygens (including phenoxy) is 2. The number of hydrogen-bond donors (Lipinski definition) is 0. The van der Waals surface area contributed by atoms with Crippen molar-refractivity contribution >= 4 is 11.6 Å². The first-order valence-corrected chi connectivity index (χ1v) is 3.89. The van der Waals surface area contributed by atoms with E-state index in [1.54, 1.807) is 0 Å². The molecule has 0 radical (unpaired) electrons. The predicted octanol–water partition coefficient (Wildman–Crippen LogP) is 3.25. The van der Waals surface area contributed by atoms with E-state index in [1.807, 2.05) is 0 Å². The third kappa shape index (κ3) is 3.33. The Morgan fingerprint density at radius 3 is 2.21 bits per heavy atom. The molecule has 14 heavy (non-hydrogen) atoms. The van der Waals surface area contributed by atoms with E-state index in [-0.39, 0.29) is 10.8 Å². The van der Waals surface area contributed by atoms with Crippen LogP contribution in [0.5, 0.6) is 11.5 Å². The minimum Gasteiger partial charge on any atom is -0.497 e. The van der Waals surface area contributed by atoms with Crippen molar-refractivity contribution in [2.75, 3.05) is 7.11 Å². The first-order valence-electron chi connectivity index (χ1n) is 3.51. The summed E-state index contributed by atoms with van der Waals surface area (Å²) < 4.78 is 43.8. The van der Waals surface area contributed by atoms with Gasteiger partial charge in [0, 0.05) is 11.1 Å². The van der Waals surface area contributed by atoms with Gasteiger partial charge in [-0.2, -0.15) is 0 Å². The van der Waals surface area contributed by atoms with E-state index < -0.39 is 12.1 Å². The molecule has 0 aliphatic rings. The SMILES string of the molecule is COc1cc(Cl)cc(OC(F)(F)F)c1. The van der Waals surface area contributed by atoms with Gasteiger partial charge in [0.15, 0.2) is 0 Å². The maximum Gasteiger partial charge on any atom is 0.573 e. The normalized spacial score (nSPS) is 11.2. The molecular weight excluding hydrogens is 221 g/mol. The molecule has 0 amide bonds. The summed E-state index contributed by atoms with van der Waals surface area (Å²) in [5.41, 5.74) is 0. The summed E-state index contributed by atoms with van der Waals surface area (Å²) in [4.78, 5) is 0. The lowest BCUT2D eigenvalue weighted by atomic mass is 10.3. The van der Waals surface area contributed by atoms with Crippen LogP contribution in [-0.2, 0) is 0 Å². The summed E-state index contributed by atoms with van der Waals surface area (Å²) in [5, 5.41) is 0.114. The Bertz CT molecular complexity index is 325. The van der Waals surface area contributed by atoms with Crippen molar-refractivity contribution in [3.63, 3.8) is 0 Å². The highest BCUT2D eigenvalue weighted by Gasteiger charge is 2.31. The van der Waals surface area contributed by atoms with Crippen molar-refractivity contribution in [3.05, 3.63) is 23.2 Å². The van der Waals surface area contributed by atoms with Crippen LogP contribution >= 0.6 is 11.6 Å². The molecule has 0 aromatic heterocycles. The fraction of sp³-hybridized carbons (Fsp3) is 0.250. The summed E-state index contributed by atoms with van der Waals surface area (Å²) in [5.74, 6) is -0.196. The van der Waals surface area contributed by atoms with Gasteiger partial charge in [0.05, 0.1) is 7.11 Å². The molecule has 0 heterocycles. The summed E-state index contributed by atoms with van der Waals surface area (Å²) >= 11 is 5.53. The largest absolute Gasteiger partial charge is 0.573 e. The van der Waals surface area contributed by atoms with Crippen LogP contribution in [0.2, 0.25) is 5.02 Å². The molecular formula is C8H6ClF3O2. The number of benzene rings is 1. The first kappa shape index (κ1) is 11.0. The standard InChI is InChI=1S/C8H6ClF3O2/c1-13-6-2-5(9)3-7(4-6)14-8(10,11)12/h2-4H,1H3. The monoisotopic (exact) mass is 226 g/mol. The second-order valence-electron chi connectivity index (χ2n) is 2.37. The average molecular weight is 227 g/mol. The molecule has 1 aromatic rings. The zero-order chi connectivity index (χ0) is 10.8. The van der Waals surface area contributed by atoms with Gasteiger partial charge in [-0.3, -0.25) is 0 Å². The maximum atomic E-state index is 11.8. The molecule has 0 N–H and O–H groups in total. The summed E-state index contributed by atoms with van der Waals surface area (Å²) in [6.45, 7) is 0. The van der Waals surface area contributed by atoms with Crippen LogP contribution in [0, 0.1) is 0 Å². The lowest BCUT2D eigenvalue weighted by molar-refractivity contribution is -0.274. The minimum absolute atomic E-state index is 0.114. The topological polar surface area (TPSA) is 18.5 Å². The highest BCUT2D eigenvalue weighted by atomic mass is 35.5. The smallest absolute Gasteiger partial charge is 0.497 e. The maximum absolute atomic E-state index is 11.8. The Morgan fingerprint density at radius 2 is 1.71 bits per heavy atom. The van der Waals surface area contributed by atoms with Gasteiger partial charge in [0.1, 0.15) is 11.5 Å². The van der Waals surface area contributed by atoms with Crippen LogP contribution in [0.4, 0.5) is 13.2 Å². The van der Waals surface area contributed by atoms with Crippen LogP contribution in [0.25, 0.3) is 0 Å². The fourth-order valence-corrected chi connectivity index (χ4v) is 1.06. The van der Waals surface area contributed by atoms with Crippen molar-refractivity contribution in [1.29, 1.82) is 0 Å². The van der Waals surface area contributed by atoms with Gasteiger partial charge in [-0.15, -0.1) is 13.2 Å². The average Bonchev–Trinajstić information content (AvgIpc) is 1.99. The molecule has 0 unspecified atom stereocenters. The number of rotatable bonds is 2. The van der Waals surface area contributed by atoms with Gasteiger partial charge >= 0.3 is 6.36 Å². The van der Waals surface area contributed by atoms with E-state index in [0.29, 0.717) is 0 Å². The van der Waals surface area contributed by atoms with E-state index in [9.17, 15) is 13.2 Å². The molecule has 2 nitrogen and oxygen atoms in total. The Balaban J connectivity index is 2.92. The van der Waals surface area contributed by atoms with Crippen LogP contribution in [0.3, 0.4) is 0 Å². The van der Waals surface area contributed by atoms with Crippen LogP contribution < -0.4 is 9.47 Å². The van der Waals surface area contributed by atoms with Crippen molar-refractivity contribution in [2.24, 2.45) is 0 Å². The highest BCUT2D eigenvalue weighted by molar-refractivity contribution is 6.30. The third-order valence-electron chi connectivity index (χ3n) is 1.31. The quantitative estimate of drug-likeness (QED) is 0.771. The third-order valence-corrected chi connectivity index (χ3v) is 1.53. The molecule has 0 aliphatic carbocycles. The molecule has 0 atom stereocenters. The van der Waals surface area contributed by atoms with Crippen LogP contribution in [0.1, 0.15) is 0 Å². The zero-order valence-electron chi connectivity index (χ0n) is 7.06. The Kier molecular flexibility index (Phi) is 3.10. The van der Waals surface area contributed by atoms with Crippen LogP contribution in [-0.4, -0.2) is 13.5 Å². The lowest BCUT2D eigenvalue weighted by Crippen LogP contribution is -2.17. The van der Waals surface area contributed by atoms with E-state index in [4.69, 9.17) is 16.3 Å². The molecule has 6 heteroatoms. The molecule has 0 aliphatic heterocycles. The van der Waals surface area contributed by atoms with Crippen molar-refractivity contribution in [1.82, 2.24) is 0 Å². The Hall–Kier alpha value is -1.10. The molecule has 78 valence electrons. The Morgan fingerprint density at radius 1 is 1.14 bits per heavy atom. The molecule has 1 rings (SSSR count). The zero-order valence-corrected chi connectivity index (χ0v) is 7.82. The van der Waals surface area contributed by atoms with E-state index in [0.717, 1.165) is 12.1 Å². The fourth-order valence-electron chi connectivity index (χ4n) is 0.847. The van der Waals surface area contributed by atoms with Gasteiger partial charge in [-0.25, -0.2) is 0 Å². The summed E-state index contributed by atoms with van der Waals surface area (Å²) in [7, 11) is 1.32. The molecule has 0 saturated heterocycles. The van der Waals surface area contributed by atoms with Crippen molar-refractivity contribution < 1.29 is 22.6 Å². The van der Waals surface area contributed by atoms with E-state index in [2.05, 4.69) is 4.74 Å². The summed E-state index contributed by atoms with van der Waals surface area (Å²) in [6.07, 6.45) is -4.73. The second kappa shape index (κ2) is 3.96.